The Kier molecular flexibility index (Phi) is 4.14. The Morgan fingerprint density at radius 1 is 1.32 bits per heavy atom. The summed E-state index contributed by atoms with van der Waals surface area (Å²) in [6, 6.07) is 5.07. The summed E-state index contributed by atoms with van der Waals surface area (Å²) >= 11 is 6.01. The molecule has 7 heteroatoms. The Labute approximate surface area is 124 Å². The predicted molar refractivity (Wildman–Crippen MR) is 77.4 cm³/mol. The van der Waals surface area contributed by atoms with Crippen molar-refractivity contribution in [3.8, 4) is 0 Å². The first-order valence-electron chi connectivity index (χ1n) is 5.98. The first-order chi connectivity index (χ1) is 8.49. The second-order valence-corrected chi connectivity index (χ2v) is 7.16. The van der Waals surface area contributed by atoms with Gasteiger partial charge >= 0.3 is 0 Å². The van der Waals surface area contributed by atoms with Crippen molar-refractivity contribution >= 4 is 34.0 Å². The standard InChI is InChI=1S/C12H15ClN2O2S.ClH/c1-7-2-3-11(10(13)4-7)18(16,17)15-12-8-5-14-6-9(8)12;/h2-4,8-9,12,14-15H,5-6H2,1H3;1H. The summed E-state index contributed by atoms with van der Waals surface area (Å²) in [7, 11) is -3.50. The van der Waals surface area contributed by atoms with E-state index in [1.165, 1.54) is 0 Å². The van der Waals surface area contributed by atoms with Crippen molar-refractivity contribution in [3.05, 3.63) is 28.8 Å². The van der Waals surface area contributed by atoms with Crippen LogP contribution >= 0.6 is 24.0 Å². The van der Waals surface area contributed by atoms with Crippen LogP contribution in [0.25, 0.3) is 0 Å². The first kappa shape index (κ1) is 15.1. The van der Waals surface area contributed by atoms with Crippen LogP contribution in [0.15, 0.2) is 23.1 Å². The molecular weight excluding hydrogens is 307 g/mol. The maximum Gasteiger partial charge on any atom is 0.242 e. The van der Waals surface area contributed by atoms with Gasteiger partial charge in [-0.05, 0) is 49.5 Å². The zero-order valence-electron chi connectivity index (χ0n) is 10.4. The van der Waals surface area contributed by atoms with Crippen molar-refractivity contribution in [2.75, 3.05) is 13.1 Å². The van der Waals surface area contributed by atoms with Crippen LogP contribution in [-0.2, 0) is 10.0 Å². The number of hydrogen-bond donors (Lipinski definition) is 2. The highest BCUT2D eigenvalue weighted by molar-refractivity contribution is 7.89. The lowest BCUT2D eigenvalue weighted by Crippen LogP contribution is -2.32. The molecule has 2 unspecified atom stereocenters. The van der Waals surface area contributed by atoms with E-state index in [0.29, 0.717) is 11.8 Å². The van der Waals surface area contributed by atoms with Crippen molar-refractivity contribution in [3.63, 3.8) is 0 Å². The van der Waals surface area contributed by atoms with Gasteiger partial charge in [-0.15, -0.1) is 12.4 Å². The first-order valence-corrected chi connectivity index (χ1v) is 7.84. The summed E-state index contributed by atoms with van der Waals surface area (Å²) in [5.41, 5.74) is 0.950. The molecule has 0 amide bonds. The molecule has 0 radical (unpaired) electrons. The van der Waals surface area contributed by atoms with E-state index in [-0.39, 0.29) is 28.4 Å². The van der Waals surface area contributed by atoms with Crippen LogP contribution in [0.3, 0.4) is 0 Å². The van der Waals surface area contributed by atoms with Crippen LogP contribution in [0.1, 0.15) is 5.56 Å². The number of sulfonamides is 1. The SMILES string of the molecule is Cc1ccc(S(=O)(=O)NC2C3CNCC32)c(Cl)c1.Cl. The Morgan fingerprint density at radius 3 is 2.53 bits per heavy atom. The number of fused-ring (bicyclic) bond motifs is 1. The minimum Gasteiger partial charge on any atom is -0.316 e. The van der Waals surface area contributed by atoms with Gasteiger partial charge in [0.2, 0.25) is 10.0 Å². The van der Waals surface area contributed by atoms with Crippen LogP contribution in [0.4, 0.5) is 0 Å². The lowest BCUT2D eigenvalue weighted by Gasteiger charge is -2.10. The summed E-state index contributed by atoms with van der Waals surface area (Å²) in [4.78, 5) is 0.174. The van der Waals surface area contributed by atoms with Crippen molar-refractivity contribution in [2.45, 2.75) is 17.9 Å². The van der Waals surface area contributed by atoms with E-state index in [2.05, 4.69) is 10.0 Å². The molecule has 19 heavy (non-hydrogen) atoms. The molecule has 0 bridgehead atoms. The van der Waals surface area contributed by atoms with E-state index in [1.54, 1.807) is 18.2 Å². The summed E-state index contributed by atoms with van der Waals surface area (Å²) in [6.07, 6.45) is 0. The van der Waals surface area contributed by atoms with E-state index < -0.39 is 10.0 Å². The Bertz CT molecular complexity index is 581. The van der Waals surface area contributed by atoms with Gasteiger partial charge in [0.05, 0.1) is 5.02 Å². The normalized spacial score (nSPS) is 28.6. The average molecular weight is 323 g/mol. The summed E-state index contributed by atoms with van der Waals surface area (Å²) in [5, 5.41) is 3.52. The molecule has 2 aliphatic rings. The molecule has 1 saturated heterocycles. The maximum atomic E-state index is 12.2. The molecule has 4 nitrogen and oxygen atoms in total. The average Bonchev–Trinajstić information content (AvgIpc) is 2.74. The lowest BCUT2D eigenvalue weighted by atomic mass is 10.2. The number of piperidine rings is 1. The molecule has 0 aromatic heterocycles. The monoisotopic (exact) mass is 322 g/mol. The van der Waals surface area contributed by atoms with E-state index in [9.17, 15) is 8.42 Å². The third-order valence-corrected chi connectivity index (χ3v) is 5.70. The fraction of sp³-hybridized carbons (Fsp3) is 0.500. The molecule has 3 rings (SSSR count). The zero-order valence-corrected chi connectivity index (χ0v) is 12.8. The molecule has 1 aliphatic carbocycles. The van der Waals surface area contributed by atoms with Gasteiger partial charge in [-0.1, -0.05) is 17.7 Å². The Morgan fingerprint density at radius 2 is 1.95 bits per heavy atom. The molecule has 1 aromatic carbocycles. The van der Waals surface area contributed by atoms with Gasteiger partial charge in [-0.2, -0.15) is 0 Å². The third-order valence-electron chi connectivity index (χ3n) is 3.76. The second-order valence-electron chi connectivity index (χ2n) is 5.07. The van der Waals surface area contributed by atoms with Crippen molar-refractivity contribution in [2.24, 2.45) is 11.8 Å². The van der Waals surface area contributed by atoms with Gasteiger partial charge in [0.1, 0.15) is 4.90 Å². The highest BCUT2D eigenvalue weighted by atomic mass is 35.5. The molecule has 106 valence electrons. The molecule has 0 spiro atoms. The van der Waals surface area contributed by atoms with Gasteiger partial charge in [0.25, 0.3) is 0 Å². The minimum absolute atomic E-state index is 0. The molecule has 1 aromatic rings. The highest BCUT2D eigenvalue weighted by Crippen LogP contribution is 2.42. The number of hydrogen-bond acceptors (Lipinski definition) is 3. The smallest absolute Gasteiger partial charge is 0.242 e. The molecule has 2 fully saturated rings. The number of rotatable bonds is 3. The topological polar surface area (TPSA) is 58.2 Å². The van der Waals surface area contributed by atoms with Crippen LogP contribution in [0, 0.1) is 18.8 Å². The predicted octanol–water partition coefficient (Wildman–Crippen LogP) is 1.57. The Balaban J connectivity index is 0.00000133. The van der Waals surface area contributed by atoms with Gasteiger partial charge in [0, 0.05) is 6.04 Å². The fourth-order valence-electron chi connectivity index (χ4n) is 2.66. The third kappa shape index (κ3) is 2.76. The van der Waals surface area contributed by atoms with Gasteiger partial charge in [0.15, 0.2) is 0 Å². The summed E-state index contributed by atoms with van der Waals surface area (Å²) in [5.74, 6) is 0.896. The van der Waals surface area contributed by atoms with E-state index in [0.717, 1.165) is 18.7 Å². The molecule has 2 N–H and O–H groups in total. The molecule has 1 heterocycles. The van der Waals surface area contributed by atoms with Crippen LogP contribution < -0.4 is 10.0 Å². The number of benzene rings is 1. The molecule has 1 aliphatic heterocycles. The number of nitrogens with one attached hydrogen (secondary N) is 2. The summed E-state index contributed by atoms with van der Waals surface area (Å²) < 4.78 is 27.2. The van der Waals surface area contributed by atoms with Crippen molar-refractivity contribution in [1.82, 2.24) is 10.0 Å². The second kappa shape index (κ2) is 5.22. The van der Waals surface area contributed by atoms with Gasteiger partial charge < -0.3 is 5.32 Å². The zero-order chi connectivity index (χ0) is 12.9. The molecular formula is C12H16Cl2N2O2S. The van der Waals surface area contributed by atoms with E-state index in [1.807, 2.05) is 6.92 Å². The number of halogens is 2. The van der Waals surface area contributed by atoms with Crippen LogP contribution in [-0.4, -0.2) is 27.5 Å². The lowest BCUT2D eigenvalue weighted by molar-refractivity contribution is 0.565. The summed E-state index contributed by atoms with van der Waals surface area (Å²) in [6.45, 7) is 3.69. The van der Waals surface area contributed by atoms with Gasteiger partial charge in [-0.25, -0.2) is 13.1 Å². The van der Waals surface area contributed by atoms with Crippen molar-refractivity contribution < 1.29 is 8.42 Å². The molecule has 2 atom stereocenters. The van der Waals surface area contributed by atoms with Crippen molar-refractivity contribution in [1.29, 1.82) is 0 Å². The maximum absolute atomic E-state index is 12.2. The van der Waals surface area contributed by atoms with Crippen LogP contribution in [0.5, 0.6) is 0 Å². The quantitative estimate of drug-likeness (QED) is 0.888. The highest BCUT2D eigenvalue weighted by Gasteiger charge is 2.54. The number of aryl methyl sites for hydroxylation is 1. The van der Waals surface area contributed by atoms with Gasteiger partial charge in [-0.3, -0.25) is 0 Å². The van der Waals surface area contributed by atoms with E-state index in [4.69, 9.17) is 11.6 Å². The minimum atomic E-state index is -3.50. The molecule has 1 saturated carbocycles. The largest absolute Gasteiger partial charge is 0.316 e. The van der Waals surface area contributed by atoms with Crippen LogP contribution in [0.2, 0.25) is 5.02 Å². The fourth-order valence-corrected chi connectivity index (χ4v) is 4.60. The Hall–Kier alpha value is -0.330. The van der Waals surface area contributed by atoms with E-state index >= 15 is 0 Å².